The minimum atomic E-state index is -3.51. The number of sulfonamides is 1. The monoisotopic (exact) mass is 464 g/mol. The second-order valence-corrected chi connectivity index (χ2v) is 7.75. The summed E-state index contributed by atoms with van der Waals surface area (Å²) >= 11 is 6.71. The van der Waals surface area contributed by atoms with Gasteiger partial charge in [-0.25, -0.2) is 18.1 Å². The number of nitrogens with two attached hydrogens (primary N) is 1. The van der Waals surface area contributed by atoms with E-state index in [2.05, 4.69) is 21.6 Å². The molecule has 6 nitrogen and oxygen atoms in total. The Kier molecular flexibility index (Phi) is 9.45. The van der Waals surface area contributed by atoms with Gasteiger partial charge in [0.05, 0.1) is 10.9 Å². The number of nitrogens with one attached hydrogen (secondary N) is 2. The fourth-order valence-corrected chi connectivity index (χ4v) is 3.72. The van der Waals surface area contributed by atoms with Gasteiger partial charge in [0.25, 0.3) is 0 Å². The zero-order valence-corrected chi connectivity index (χ0v) is 16.1. The van der Waals surface area contributed by atoms with Crippen LogP contribution in [0.4, 0.5) is 0 Å². The van der Waals surface area contributed by atoms with Crippen LogP contribution in [0.15, 0.2) is 33.5 Å². The van der Waals surface area contributed by atoms with Crippen LogP contribution in [0, 0.1) is 0 Å². The summed E-state index contributed by atoms with van der Waals surface area (Å²) in [6.45, 7) is 6.52. The van der Waals surface area contributed by atoms with Crippen molar-refractivity contribution in [2.75, 3.05) is 19.6 Å². The topological polar surface area (TPSA) is 96.6 Å². The molecule has 0 atom stereocenters. The quantitative estimate of drug-likeness (QED) is 0.188. The van der Waals surface area contributed by atoms with Gasteiger partial charge in [0.2, 0.25) is 10.0 Å². The predicted octanol–water partition coefficient (Wildman–Crippen LogP) is 1.78. The van der Waals surface area contributed by atoms with E-state index in [1.165, 1.54) is 6.07 Å². The van der Waals surface area contributed by atoms with Crippen LogP contribution < -0.4 is 15.8 Å². The number of aliphatic imine (C=N–C) groups is 1. The molecule has 4 N–H and O–H groups in total. The Labute approximate surface area is 150 Å². The standard InChI is InChI=1S/C11H17ClN4O2S2.HI/c1-8(2)7-15-11(13)14-5-6-16-20(17,18)10-4-3-9(12)19-10;/h3-4,16H,1,5-7H2,2H3,(H3,13,14,15);1H. The van der Waals surface area contributed by atoms with Crippen LogP contribution in [0.25, 0.3) is 0 Å². The van der Waals surface area contributed by atoms with Crippen molar-refractivity contribution < 1.29 is 8.42 Å². The zero-order chi connectivity index (χ0) is 15.2. The molecule has 0 amide bonds. The molecule has 1 heterocycles. The highest BCUT2D eigenvalue weighted by Crippen LogP contribution is 2.24. The summed E-state index contributed by atoms with van der Waals surface area (Å²) in [4.78, 5) is 4.01. The second-order valence-electron chi connectivity index (χ2n) is 4.04. The molecular weight excluding hydrogens is 447 g/mol. The summed E-state index contributed by atoms with van der Waals surface area (Å²) < 4.78 is 26.7. The number of hydrogen-bond donors (Lipinski definition) is 3. The molecule has 0 radical (unpaired) electrons. The van der Waals surface area contributed by atoms with E-state index in [0.717, 1.165) is 16.9 Å². The van der Waals surface area contributed by atoms with Gasteiger partial charge in [-0.15, -0.1) is 35.3 Å². The molecule has 1 aromatic rings. The average Bonchev–Trinajstić information content (AvgIpc) is 2.79. The third kappa shape index (κ3) is 8.00. The van der Waals surface area contributed by atoms with Gasteiger partial charge in [0, 0.05) is 13.1 Å². The lowest BCUT2D eigenvalue weighted by atomic mass is 10.4. The van der Waals surface area contributed by atoms with Crippen molar-refractivity contribution in [2.45, 2.75) is 11.1 Å². The molecule has 0 aliphatic rings. The van der Waals surface area contributed by atoms with Crippen molar-refractivity contribution in [3.05, 3.63) is 28.6 Å². The molecule has 0 saturated carbocycles. The van der Waals surface area contributed by atoms with Crippen molar-refractivity contribution >= 4 is 62.9 Å². The Balaban J connectivity index is 0.00000400. The minimum Gasteiger partial charge on any atom is -0.370 e. The molecule has 0 unspecified atom stereocenters. The number of hydrogen-bond acceptors (Lipinski definition) is 4. The maximum absolute atomic E-state index is 11.8. The van der Waals surface area contributed by atoms with Crippen LogP contribution in [0.2, 0.25) is 4.34 Å². The highest BCUT2D eigenvalue weighted by molar-refractivity contribution is 14.0. The first-order valence-electron chi connectivity index (χ1n) is 5.74. The minimum absolute atomic E-state index is 0. The van der Waals surface area contributed by atoms with E-state index in [9.17, 15) is 8.42 Å². The summed E-state index contributed by atoms with van der Waals surface area (Å²) in [5.74, 6) is 0.256. The molecule has 0 saturated heterocycles. The Bertz CT molecular complexity index is 601. The number of guanidine groups is 1. The number of nitrogens with zero attached hydrogens (tertiary/aromatic N) is 1. The highest BCUT2D eigenvalue weighted by atomic mass is 127. The molecule has 21 heavy (non-hydrogen) atoms. The van der Waals surface area contributed by atoms with Gasteiger partial charge in [-0.1, -0.05) is 23.8 Å². The molecule has 0 aliphatic heterocycles. The molecule has 120 valence electrons. The first kappa shape index (κ1) is 20.6. The Morgan fingerprint density at radius 2 is 2.14 bits per heavy atom. The van der Waals surface area contributed by atoms with E-state index >= 15 is 0 Å². The Morgan fingerprint density at radius 1 is 1.48 bits per heavy atom. The zero-order valence-electron chi connectivity index (χ0n) is 11.4. The second kappa shape index (κ2) is 9.62. The van der Waals surface area contributed by atoms with Crippen molar-refractivity contribution in [1.29, 1.82) is 0 Å². The molecule has 0 spiro atoms. The summed E-state index contributed by atoms with van der Waals surface area (Å²) in [7, 11) is -3.51. The van der Waals surface area contributed by atoms with Crippen LogP contribution in [-0.4, -0.2) is 34.0 Å². The van der Waals surface area contributed by atoms with Crippen LogP contribution in [0.3, 0.4) is 0 Å². The van der Waals surface area contributed by atoms with Gasteiger partial charge in [-0.2, -0.15) is 0 Å². The largest absolute Gasteiger partial charge is 0.370 e. The van der Waals surface area contributed by atoms with Gasteiger partial charge >= 0.3 is 0 Å². The van der Waals surface area contributed by atoms with Crippen molar-refractivity contribution in [3.8, 4) is 0 Å². The van der Waals surface area contributed by atoms with E-state index in [1.54, 1.807) is 6.07 Å². The van der Waals surface area contributed by atoms with E-state index in [0.29, 0.717) is 17.4 Å². The smallest absolute Gasteiger partial charge is 0.250 e. The first-order chi connectivity index (χ1) is 9.31. The SMILES string of the molecule is C=C(C)CN=C(N)NCCNS(=O)(=O)c1ccc(Cl)s1.I. The van der Waals surface area contributed by atoms with Gasteiger partial charge in [-0.05, 0) is 19.1 Å². The van der Waals surface area contributed by atoms with Gasteiger partial charge in [-0.3, -0.25) is 0 Å². The van der Waals surface area contributed by atoms with Crippen LogP contribution >= 0.6 is 46.9 Å². The van der Waals surface area contributed by atoms with Gasteiger partial charge in [0.1, 0.15) is 4.21 Å². The van der Waals surface area contributed by atoms with Crippen molar-refractivity contribution in [2.24, 2.45) is 10.7 Å². The normalized spacial score (nSPS) is 11.8. The van der Waals surface area contributed by atoms with Crippen LogP contribution in [-0.2, 0) is 10.0 Å². The lowest BCUT2D eigenvalue weighted by Crippen LogP contribution is -2.38. The third-order valence-electron chi connectivity index (χ3n) is 2.06. The molecule has 1 aromatic heterocycles. The molecule has 1 rings (SSSR count). The fourth-order valence-electron chi connectivity index (χ4n) is 1.17. The van der Waals surface area contributed by atoms with E-state index in [4.69, 9.17) is 17.3 Å². The number of halogens is 2. The van der Waals surface area contributed by atoms with E-state index in [-0.39, 0.29) is 40.7 Å². The van der Waals surface area contributed by atoms with Crippen LogP contribution in [0.5, 0.6) is 0 Å². The summed E-state index contributed by atoms with van der Waals surface area (Å²) in [5.41, 5.74) is 6.48. The Hall–Kier alpha value is -0.360. The molecular formula is C11H18ClIN4O2S2. The maximum Gasteiger partial charge on any atom is 0.250 e. The molecule has 10 heteroatoms. The van der Waals surface area contributed by atoms with Gasteiger partial charge in [0.15, 0.2) is 5.96 Å². The molecule has 0 bridgehead atoms. The number of thiophene rings is 1. The van der Waals surface area contributed by atoms with E-state index < -0.39 is 10.0 Å². The summed E-state index contributed by atoms with van der Waals surface area (Å²) in [6, 6.07) is 3.01. The van der Waals surface area contributed by atoms with Gasteiger partial charge < -0.3 is 11.1 Å². The average molecular weight is 465 g/mol. The van der Waals surface area contributed by atoms with Crippen molar-refractivity contribution in [1.82, 2.24) is 10.0 Å². The number of rotatable bonds is 7. The fraction of sp³-hybridized carbons (Fsp3) is 0.364. The van der Waals surface area contributed by atoms with Crippen LogP contribution in [0.1, 0.15) is 6.92 Å². The maximum atomic E-state index is 11.8. The molecule has 0 fully saturated rings. The lowest BCUT2D eigenvalue weighted by Gasteiger charge is -2.07. The Morgan fingerprint density at radius 3 is 2.67 bits per heavy atom. The first-order valence-corrected chi connectivity index (χ1v) is 8.42. The molecule has 0 aliphatic carbocycles. The molecule has 0 aromatic carbocycles. The van der Waals surface area contributed by atoms with Crippen molar-refractivity contribution in [3.63, 3.8) is 0 Å². The summed E-state index contributed by atoms with van der Waals surface area (Å²) in [5, 5.41) is 2.80. The van der Waals surface area contributed by atoms with E-state index in [1.807, 2.05) is 6.92 Å². The summed E-state index contributed by atoms with van der Waals surface area (Å²) in [6.07, 6.45) is 0. The third-order valence-corrected chi connectivity index (χ3v) is 5.24. The predicted molar refractivity (Wildman–Crippen MR) is 99.2 cm³/mol. The lowest BCUT2D eigenvalue weighted by molar-refractivity contribution is 0.583. The highest BCUT2D eigenvalue weighted by Gasteiger charge is 2.15.